The summed E-state index contributed by atoms with van der Waals surface area (Å²) in [6, 6.07) is 0. The van der Waals surface area contributed by atoms with E-state index in [2.05, 4.69) is 22.2 Å². The molecule has 0 radical (unpaired) electrons. The maximum absolute atomic E-state index is 12.1. The van der Waals surface area contributed by atoms with E-state index in [0.717, 1.165) is 26.2 Å². The highest BCUT2D eigenvalue weighted by molar-refractivity contribution is 5.91. The van der Waals surface area contributed by atoms with Gasteiger partial charge in [-0.15, -0.1) is 0 Å². The van der Waals surface area contributed by atoms with E-state index >= 15 is 0 Å². The lowest BCUT2D eigenvalue weighted by molar-refractivity contribution is 0.0630. The molecular weight excluding hydrogens is 220 g/mol. The second kappa shape index (κ2) is 5.29. The van der Waals surface area contributed by atoms with Crippen molar-refractivity contribution in [2.24, 2.45) is 0 Å². The van der Waals surface area contributed by atoms with E-state index < -0.39 is 0 Å². The van der Waals surface area contributed by atoms with E-state index in [1.807, 2.05) is 11.9 Å². The van der Waals surface area contributed by atoms with Crippen molar-refractivity contribution in [3.05, 3.63) is 17.8 Å². The van der Waals surface area contributed by atoms with Crippen molar-refractivity contribution in [1.29, 1.82) is 0 Å². The van der Waals surface area contributed by atoms with Gasteiger partial charge in [0.1, 0.15) is 0 Å². The van der Waals surface area contributed by atoms with Gasteiger partial charge in [-0.3, -0.25) is 4.79 Å². The number of hydrogen-bond acceptors (Lipinski definition) is 5. The van der Waals surface area contributed by atoms with E-state index in [-0.39, 0.29) is 5.91 Å². The summed E-state index contributed by atoms with van der Waals surface area (Å²) in [4.78, 5) is 20.1. The summed E-state index contributed by atoms with van der Waals surface area (Å²) < 4.78 is 5.39. The molecule has 0 bridgehead atoms. The molecule has 17 heavy (non-hydrogen) atoms. The van der Waals surface area contributed by atoms with E-state index in [0.29, 0.717) is 18.2 Å². The molecule has 1 aromatic heterocycles. The van der Waals surface area contributed by atoms with Crippen LogP contribution in [0.15, 0.2) is 10.6 Å². The van der Waals surface area contributed by atoms with Crippen LogP contribution in [0, 0.1) is 0 Å². The highest BCUT2D eigenvalue weighted by atomic mass is 16.4. The van der Waals surface area contributed by atoms with Gasteiger partial charge in [0.15, 0.2) is 0 Å². The molecule has 1 N–H and O–H groups in total. The van der Waals surface area contributed by atoms with Crippen LogP contribution in [0.25, 0.3) is 0 Å². The van der Waals surface area contributed by atoms with Gasteiger partial charge in [-0.2, -0.15) is 0 Å². The minimum absolute atomic E-state index is 0.0621. The molecule has 0 unspecified atom stereocenters. The fourth-order valence-corrected chi connectivity index (χ4v) is 1.81. The molecule has 0 spiro atoms. The largest absolute Gasteiger partial charge is 0.434 e. The third kappa shape index (κ3) is 2.83. The van der Waals surface area contributed by atoms with Crippen LogP contribution in [0.2, 0.25) is 0 Å². The number of oxazole rings is 1. The highest BCUT2D eigenvalue weighted by Gasteiger charge is 2.23. The summed E-state index contributed by atoms with van der Waals surface area (Å²) in [5.74, 6) is 0.817. The molecule has 1 aliphatic rings. The van der Waals surface area contributed by atoms with Crippen molar-refractivity contribution in [3.8, 4) is 0 Å². The normalized spacial score (nSPS) is 17.4. The Kier molecular flexibility index (Phi) is 3.75. The smallest absolute Gasteiger partial charge is 0.291 e. The van der Waals surface area contributed by atoms with Crippen LogP contribution in [0.4, 0.5) is 0 Å². The summed E-state index contributed by atoms with van der Waals surface area (Å²) in [6.07, 6.45) is 1.51. The Morgan fingerprint density at radius 2 is 2.18 bits per heavy atom. The topological polar surface area (TPSA) is 61.6 Å². The van der Waals surface area contributed by atoms with Crippen LogP contribution in [0.3, 0.4) is 0 Å². The van der Waals surface area contributed by atoms with Crippen LogP contribution in [-0.4, -0.2) is 61.0 Å². The van der Waals surface area contributed by atoms with Crippen molar-refractivity contribution >= 4 is 5.91 Å². The van der Waals surface area contributed by atoms with Crippen LogP contribution in [0.5, 0.6) is 0 Å². The summed E-state index contributed by atoms with van der Waals surface area (Å²) in [5, 5.41) is 2.93. The quantitative estimate of drug-likeness (QED) is 0.789. The lowest BCUT2D eigenvalue weighted by atomic mass is 10.3. The molecule has 0 aliphatic carbocycles. The van der Waals surface area contributed by atoms with Crippen LogP contribution in [-0.2, 0) is 6.54 Å². The number of likely N-dealkylation sites (N-methyl/N-ethyl adjacent to an activating group) is 1. The lowest BCUT2D eigenvalue weighted by Crippen LogP contribution is -2.47. The third-order valence-electron chi connectivity index (χ3n) is 2.88. The standard InChI is InChI=1S/C11H18N4O2/c1-12-8-10-13-7-9(17-10)11(16)15-5-3-14(2)4-6-15/h7,12H,3-6,8H2,1-2H3. The number of aromatic nitrogens is 1. The lowest BCUT2D eigenvalue weighted by Gasteiger charge is -2.31. The fraction of sp³-hybridized carbons (Fsp3) is 0.636. The van der Waals surface area contributed by atoms with E-state index in [9.17, 15) is 4.79 Å². The SMILES string of the molecule is CNCc1ncc(C(=O)N2CCN(C)CC2)o1. The predicted octanol–water partition coefficient (Wildman–Crippen LogP) is -0.218. The molecule has 6 heteroatoms. The van der Waals surface area contributed by atoms with Gasteiger partial charge >= 0.3 is 0 Å². The first kappa shape index (κ1) is 12.1. The number of amides is 1. The minimum atomic E-state index is -0.0621. The molecule has 94 valence electrons. The van der Waals surface area contributed by atoms with E-state index in [4.69, 9.17) is 4.42 Å². The molecule has 0 saturated carbocycles. The first-order valence-electron chi connectivity index (χ1n) is 5.78. The molecule has 1 aromatic rings. The molecule has 2 heterocycles. The molecule has 1 saturated heterocycles. The molecular formula is C11H18N4O2. The van der Waals surface area contributed by atoms with Gasteiger partial charge in [-0.25, -0.2) is 4.98 Å². The summed E-state index contributed by atoms with van der Waals surface area (Å²) in [7, 11) is 3.87. The van der Waals surface area contributed by atoms with Gasteiger partial charge in [0.05, 0.1) is 12.7 Å². The van der Waals surface area contributed by atoms with Crippen molar-refractivity contribution in [2.45, 2.75) is 6.54 Å². The van der Waals surface area contributed by atoms with Crippen molar-refractivity contribution < 1.29 is 9.21 Å². The van der Waals surface area contributed by atoms with Crippen molar-refractivity contribution in [1.82, 2.24) is 20.1 Å². The Hall–Kier alpha value is -1.40. The average molecular weight is 238 g/mol. The van der Waals surface area contributed by atoms with Gasteiger partial charge in [0.2, 0.25) is 11.7 Å². The molecule has 0 atom stereocenters. The number of nitrogens with zero attached hydrogens (tertiary/aromatic N) is 3. The first-order valence-corrected chi connectivity index (χ1v) is 5.78. The molecule has 6 nitrogen and oxygen atoms in total. The van der Waals surface area contributed by atoms with Gasteiger partial charge < -0.3 is 19.5 Å². The Bertz CT molecular complexity index is 383. The molecule has 0 aromatic carbocycles. The maximum Gasteiger partial charge on any atom is 0.291 e. The van der Waals surface area contributed by atoms with Gasteiger partial charge in [-0.05, 0) is 14.1 Å². The zero-order valence-electron chi connectivity index (χ0n) is 10.3. The summed E-state index contributed by atoms with van der Waals surface area (Å²) in [5.41, 5.74) is 0. The summed E-state index contributed by atoms with van der Waals surface area (Å²) in [6.45, 7) is 3.84. The third-order valence-corrected chi connectivity index (χ3v) is 2.88. The number of piperazine rings is 1. The number of rotatable bonds is 3. The zero-order chi connectivity index (χ0) is 12.3. The van der Waals surface area contributed by atoms with Crippen LogP contribution >= 0.6 is 0 Å². The van der Waals surface area contributed by atoms with Gasteiger partial charge in [0, 0.05) is 26.2 Å². The fourth-order valence-electron chi connectivity index (χ4n) is 1.81. The number of carbonyl (C=O) groups excluding carboxylic acids is 1. The maximum atomic E-state index is 12.1. The Morgan fingerprint density at radius 1 is 1.47 bits per heavy atom. The van der Waals surface area contributed by atoms with Crippen LogP contribution in [0.1, 0.15) is 16.4 Å². The van der Waals surface area contributed by atoms with Gasteiger partial charge in [0.25, 0.3) is 5.91 Å². The van der Waals surface area contributed by atoms with Gasteiger partial charge in [-0.1, -0.05) is 0 Å². The monoisotopic (exact) mass is 238 g/mol. The first-order chi connectivity index (χ1) is 8.20. The van der Waals surface area contributed by atoms with Crippen molar-refractivity contribution in [3.63, 3.8) is 0 Å². The Morgan fingerprint density at radius 3 is 2.82 bits per heavy atom. The second-order valence-electron chi connectivity index (χ2n) is 4.24. The highest BCUT2D eigenvalue weighted by Crippen LogP contribution is 2.09. The number of nitrogens with one attached hydrogen (secondary N) is 1. The molecule has 1 fully saturated rings. The Balaban J connectivity index is 1.98. The summed E-state index contributed by atoms with van der Waals surface area (Å²) >= 11 is 0. The van der Waals surface area contributed by atoms with Crippen molar-refractivity contribution in [2.75, 3.05) is 40.3 Å². The molecule has 1 aliphatic heterocycles. The number of hydrogen-bond donors (Lipinski definition) is 1. The van der Waals surface area contributed by atoms with E-state index in [1.165, 1.54) is 6.20 Å². The van der Waals surface area contributed by atoms with E-state index in [1.54, 1.807) is 0 Å². The molecule has 2 rings (SSSR count). The average Bonchev–Trinajstić information content (AvgIpc) is 2.78. The Labute approximate surface area is 101 Å². The zero-order valence-corrected chi connectivity index (χ0v) is 10.3. The predicted molar refractivity (Wildman–Crippen MR) is 62.7 cm³/mol. The second-order valence-corrected chi connectivity index (χ2v) is 4.24. The minimum Gasteiger partial charge on any atom is -0.434 e. The number of carbonyl (C=O) groups is 1. The van der Waals surface area contributed by atoms with Crippen LogP contribution < -0.4 is 5.32 Å². The molecule has 1 amide bonds.